The minimum absolute atomic E-state index is 0.0608. The van der Waals surface area contributed by atoms with Crippen molar-refractivity contribution in [3.8, 4) is 0 Å². The number of halogens is 3. The molecule has 7 heteroatoms. The van der Waals surface area contributed by atoms with E-state index in [1.807, 2.05) is 5.32 Å². The quantitative estimate of drug-likeness (QED) is 0.698. The second-order valence-corrected chi connectivity index (χ2v) is 4.15. The minimum Gasteiger partial charge on any atom is -0.432 e. The summed E-state index contributed by atoms with van der Waals surface area (Å²) in [5.41, 5.74) is -1.35. The summed E-state index contributed by atoms with van der Waals surface area (Å²) in [6.45, 7) is 0. The van der Waals surface area contributed by atoms with E-state index in [2.05, 4.69) is 0 Å². The van der Waals surface area contributed by atoms with Crippen LogP contribution in [-0.2, 0) is 9.53 Å². The molecule has 1 N–H and O–H groups in total. The highest BCUT2D eigenvalue weighted by atomic mass is 19.4. The zero-order valence-electron chi connectivity index (χ0n) is 8.26. The van der Waals surface area contributed by atoms with E-state index < -0.39 is 29.7 Å². The molecule has 90 valence electrons. The molecule has 1 saturated carbocycles. The van der Waals surface area contributed by atoms with Crippen molar-refractivity contribution in [2.24, 2.45) is 5.92 Å². The van der Waals surface area contributed by atoms with Gasteiger partial charge in [-0.3, -0.25) is 10.1 Å². The Morgan fingerprint density at radius 3 is 2.19 bits per heavy atom. The monoisotopic (exact) mass is 237 g/mol. The maximum absolute atomic E-state index is 12.4. The van der Waals surface area contributed by atoms with E-state index in [1.54, 1.807) is 0 Å². The van der Waals surface area contributed by atoms with Crippen molar-refractivity contribution in [1.29, 1.82) is 0 Å². The van der Waals surface area contributed by atoms with Crippen molar-refractivity contribution in [2.45, 2.75) is 37.5 Å². The summed E-state index contributed by atoms with van der Waals surface area (Å²) in [4.78, 5) is 22.2. The summed E-state index contributed by atoms with van der Waals surface area (Å²) in [5.74, 6) is -2.01. The molecule has 1 aliphatic carbocycles. The highest BCUT2D eigenvalue weighted by Crippen LogP contribution is 2.43. The predicted octanol–water partition coefficient (Wildman–Crippen LogP) is 1.74. The van der Waals surface area contributed by atoms with E-state index in [9.17, 15) is 22.8 Å². The zero-order chi connectivity index (χ0) is 12.0. The molecule has 2 aliphatic rings. The number of carbonyl (C=O) groups is 2. The maximum Gasteiger partial charge on any atom is 0.415 e. The molecule has 2 amide bonds. The van der Waals surface area contributed by atoms with Gasteiger partial charge in [0, 0.05) is 0 Å². The number of imide groups is 1. The lowest BCUT2D eigenvalue weighted by Gasteiger charge is -2.33. The van der Waals surface area contributed by atoms with Crippen molar-refractivity contribution in [1.82, 2.24) is 5.32 Å². The number of rotatable bonds is 0. The maximum atomic E-state index is 12.4. The normalized spacial score (nSPS) is 35.1. The predicted molar refractivity (Wildman–Crippen MR) is 45.4 cm³/mol. The third-order valence-corrected chi connectivity index (χ3v) is 3.17. The second kappa shape index (κ2) is 3.36. The fourth-order valence-electron chi connectivity index (χ4n) is 2.20. The third-order valence-electron chi connectivity index (χ3n) is 3.17. The molecule has 0 unspecified atom stereocenters. The molecule has 4 nitrogen and oxygen atoms in total. The number of alkyl halides is 3. The molecule has 0 atom stereocenters. The molecule has 2 rings (SSSR count). The standard InChI is InChI=1S/C9H10F3NO3/c10-9(11,12)5-1-3-8(4-2-5)6(14)13-7(15)16-8/h5H,1-4H2,(H,13,14,15). The highest BCUT2D eigenvalue weighted by Gasteiger charge is 2.54. The molecule has 16 heavy (non-hydrogen) atoms. The Labute approximate surface area is 89.1 Å². The largest absolute Gasteiger partial charge is 0.432 e. The van der Waals surface area contributed by atoms with Gasteiger partial charge in [-0.15, -0.1) is 0 Å². The van der Waals surface area contributed by atoms with Crippen LogP contribution in [0.15, 0.2) is 0 Å². The molecule has 1 saturated heterocycles. The number of amides is 2. The zero-order valence-corrected chi connectivity index (χ0v) is 8.26. The summed E-state index contributed by atoms with van der Waals surface area (Å²) >= 11 is 0. The Balaban J connectivity index is 2.05. The van der Waals surface area contributed by atoms with Gasteiger partial charge in [-0.05, 0) is 25.7 Å². The van der Waals surface area contributed by atoms with Crippen LogP contribution in [-0.4, -0.2) is 23.8 Å². The molecule has 0 aromatic rings. The van der Waals surface area contributed by atoms with Gasteiger partial charge in [-0.2, -0.15) is 13.2 Å². The fraction of sp³-hybridized carbons (Fsp3) is 0.778. The third kappa shape index (κ3) is 1.74. The molecule has 0 bridgehead atoms. The molecular formula is C9H10F3NO3. The summed E-state index contributed by atoms with van der Waals surface area (Å²) in [6, 6.07) is 0. The van der Waals surface area contributed by atoms with Gasteiger partial charge in [0.15, 0.2) is 5.60 Å². The van der Waals surface area contributed by atoms with Crippen molar-refractivity contribution >= 4 is 12.0 Å². The molecule has 0 aromatic carbocycles. The van der Waals surface area contributed by atoms with Crippen LogP contribution < -0.4 is 5.32 Å². The average Bonchev–Trinajstić information content (AvgIpc) is 2.41. The second-order valence-electron chi connectivity index (χ2n) is 4.15. The number of carbonyl (C=O) groups excluding carboxylic acids is 2. The first-order chi connectivity index (χ1) is 7.33. The van der Waals surface area contributed by atoms with Gasteiger partial charge in [-0.1, -0.05) is 0 Å². The summed E-state index contributed by atoms with van der Waals surface area (Å²) in [6.07, 6.45) is -5.58. The van der Waals surface area contributed by atoms with E-state index in [0.717, 1.165) is 0 Å². The Morgan fingerprint density at radius 2 is 1.81 bits per heavy atom. The van der Waals surface area contributed by atoms with Gasteiger partial charge >= 0.3 is 12.3 Å². The number of alkyl carbamates (subject to hydrolysis) is 1. The van der Waals surface area contributed by atoms with Crippen LogP contribution in [0.2, 0.25) is 0 Å². The van der Waals surface area contributed by atoms with Crippen molar-refractivity contribution in [2.75, 3.05) is 0 Å². The highest BCUT2D eigenvalue weighted by molar-refractivity contribution is 6.02. The van der Waals surface area contributed by atoms with E-state index in [-0.39, 0.29) is 25.7 Å². The molecular weight excluding hydrogens is 227 g/mol. The van der Waals surface area contributed by atoms with E-state index in [4.69, 9.17) is 4.74 Å². The van der Waals surface area contributed by atoms with E-state index in [1.165, 1.54) is 0 Å². The van der Waals surface area contributed by atoms with Crippen molar-refractivity contribution < 1.29 is 27.5 Å². The van der Waals surface area contributed by atoms with Gasteiger partial charge in [-0.25, -0.2) is 4.79 Å². The van der Waals surface area contributed by atoms with Gasteiger partial charge in [0.1, 0.15) is 0 Å². The van der Waals surface area contributed by atoms with Gasteiger partial charge in [0.05, 0.1) is 5.92 Å². The van der Waals surface area contributed by atoms with E-state index >= 15 is 0 Å². The van der Waals surface area contributed by atoms with Gasteiger partial charge in [0.25, 0.3) is 5.91 Å². The number of hydrogen-bond acceptors (Lipinski definition) is 3. The lowest BCUT2D eigenvalue weighted by atomic mass is 9.78. The molecule has 2 fully saturated rings. The molecule has 1 heterocycles. The number of nitrogens with one attached hydrogen (secondary N) is 1. The Bertz CT molecular complexity index is 331. The summed E-state index contributed by atoms with van der Waals surface area (Å²) in [5, 5.41) is 1.95. The van der Waals surface area contributed by atoms with Gasteiger partial charge < -0.3 is 4.74 Å². The van der Waals surface area contributed by atoms with Crippen molar-refractivity contribution in [3.05, 3.63) is 0 Å². The summed E-state index contributed by atoms with van der Waals surface area (Å²) < 4.78 is 41.9. The van der Waals surface area contributed by atoms with Crippen LogP contribution >= 0.6 is 0 Å². The van der Waals surface area contributed by atoms with E-state index in [0.29, 0.717) is 0 Å². The average molecular weight is 237 g/mol. The molecule has 0 radical (unpaired) electrons. The Kier molecular flexibility index (Phi) is 2.36. The lowest BCUT2D eigenvalue weighted by Crippen LogP contribution is -2.44. The first-order valence-corrected chi connectivity index (χ1v) is 4.95. The Hall–Kier alpha value is -1.27. The SMILES string of the molecule is O=C1NC(=O)C2(CCC(C(F)(F)F)CC2)O1. The lowest BCUT2D eigenvalue weighted by molar-refractivity contribution is -0.191. The van der Waals surface area contributed by atoms with Crippen molar-refractivity contribution in [3.63, 3.8) is 0 Å². The fourth-order valence-corrected chi connectivity index (χ4v) is 2.20. The summed E-state index contributed by atoms with van der Waals surface area (Å²) in [7, 11) is 0. The minimum atomic E-state index is -4.24. The number of ether oxygens (including phenoxy) is 1. The van der Waals surface area contributed by atoms with Crippen LogP contribution in [0.5, 0.6) is 0 Å². The van der Waals surface area contributed by atoms with Crippen LogP contribution in [0.3, 0.4) is 0 Å². The first kappa shape index (κ1) is 11.2. The van der Waals surface area contributed by atoms with Crippen LogP contribution in [0.25, 0.3) is 0 Å². The van der Waals surface area contributed by atoms with Crippen LogP contribution in [0.1, 0.15) is 25.7 Å². The molecule has 1 spiro atoms. The van der Waals surface area contributed by atoms with Crippen LogP contribution in [0, 0.1) is 5.92 Å². The molecule has 0 aromatic heterocycles. The number of hydrogen-bond donors (Lipinski definition) is 1. The first-order valence-electron chi connectivity index (χ1n) is 4.95. The topological polar surface area (TPSA) is 55.4 Å². The van der Waals surface area contributed by atoms with Gasteiger partial charge in [0.2, 0.25) is 0 Å². The Morgan fingerprint density at radius 1 is 1.25 bits per heavy atom. The van der Waals surface area contributed by atoms with Crippen LogP contribution in [0.4, 0.5) is 18.0 Å². The smallest absolute Gasteiger partial charge is 0.415 e. The molecule has 1 aliphatic heterocycles.